The second kappa shape index (κ2) is 16.3. The van der Waals surface area contributed by atoms with E-state index in [1.165, 1.54) is 0 Å². The Balaban J connectivity index is 2.19. The number of alkyl carbamates (subject to hydrolysis) is 2. The molecule has 2 N–H and O–H groups in total. The van der Waals surface area contributed by atoms with Crippen LogP contribution < -0.4 is 10.6 Å². The summed E-state index contributed by atoms with van der Waals surface area (Å²) in [7, 11) is 0. The van der Waals surface area contributed by atoms with Crippen molar-refractivity contribution in [2.45, 2.75) is 131 Å². The van der Waals surface area contributed by atoms with Gasteiger partial charge in [0.1, 0.15) is 28.5 Å². The zero-order valence-corrected chi connectivity index (χ0v) is 29.8. The maximum Gasteiger partial charge on any atom is 0.410 e. The monoisotopic (exact) mass is 651 g/mol. The number of rotatable bonds is 11. The number of piperazine rings is 1. The van der Waals surface area contributed by atoms with Gasteiger partial charge in [-0.2, -0.15) is 0 Å². The second-order valence-electron chi connectivity index (χ2n) is 15.2. The molecule has 0 aliphatic carbocycles. The molecule has 4 amide bonds. The van der Waals surface area contributed by atoms with Crippen molar-refractivity contribution in [2.75, 3.05) is 32.7 Å². The molecule has 1 aromatic heterocycles. The highest BCUT2D eigenvalue weighted by atomic mass is 16.6. The molecule has 0 spiro atoms. The number of carbonyl (C=O) groups excluding carboxylic acids is 4. The molecule has 1 fully saturated rings. The first-order chi connectivity index (χ1) is 21.1. The van der Waals surface area contributed by atoms with Crippen LogP contribution >= 0.6 is 0 Å². The summed E-state index contributed by atoms with van der Waals surface area (Å²) in [5.74, 6) is 0.0992. The predicted octanol–water partition coefficient (Wildman–Crippen LogP) is 5.21. The van der Waals surface area contributed by atoms with Gasteiger partial charge in [0.2, 0.25) is 5.91 Å². The average molecular weight is 652 g/mol. The van der Waals surface area contributed by atoms with Crippen LogP contribution in [0.5, 0.6) is 0 Å². The van der Waals surface area contributed by atoms with Crippen molar-refractivity contribution >= 4 is 24.2 Å². The van der Waals surface area contributed by atoms with Crippen LogP contribution in [-0.4, -0.2) is 98.5 Å². The minimum absolute atomic E-state index is 0.138. The third-order valence-electron chi connectivity index (χ3n) is 6.70. The van der Waals surface area contributed by atoms with Crippen molar-refractivity contribution in [1.29, 1.82) is 0 Å². The van der Waals surface area contributed by atoms with E-state index in [1.807, 2.05) is 34.6 Å². The van der Waals surface area contributed by atoms with Gasteiger partial charge in [-0.1, -0.05) is 19.1 Å². The lowest BCUT2D eigenvalue weighted by Gasteiger charge is -2.37. The van der Waals surface area contributed by atoms with Crippen molar-refractivity contribution in [3.8, 4) is 0 Å². The summed E-state index contributed by atoms with van der Waals surface area (Å²) in [6, 6.07) is -1.13. The van der Waals surface area contributed by atoms with Crippen molar-refractivity contribution in [1.82, 2.24) is 35.4 Å². The van der Waals surface area contributed by atoms with Gasteiger partial charge in [0, 0.05) is 32.7 Å². The largest absolute Gasteiger partial charge is 0.444 e. The van der Waals surface area contributed by atoms with E-state index in [2.05, 4.69) is 20.9 Å². The molecule has 1 aliphatic rings. The van der Waals surface area contributed by atoms with Gasteiger partial charge in [0.15, 0.2) is 0 Å². The minimum atomic E-state index is -0.669. The highest BCUT2D eigenvalue weighted by Crippen LogP contribution is 2.24. The number of aromatic nitrogens is 3. The number of amides is 4. The summed E-state index contributed by atoms with van der Waals surface area (Å²) >= 11 is 0. The summed E-state index contributed by atoms with van der Waals surface area (Å²) in [6.07, 6.45) is 2.54. The van der Waals surface area contributed by atoms with Gasteiger partial charge in [-0.15, -0.1) is 5.10 Å². The highest BCUT2D eigenvalue weighted by molar-refractivity contribution is 5.81. The molecule has 2 rings (SSSR count). The van der Waals surface area contributed by atoms with Gasteiger partial charge >= 0.3 is 18.3 Å². The van der Waals surface area contributed by atoms with Gasteiger partial charge in [-0.3, -0.25) is 4.79 Å². The number of ether oxygens (including phenoxy) is 3. The van der Waals surface area contributed by atoms with E-state index < -0.39 is 47.2 Å². The number of unbranched alkanes of at least 4 members (excludes halogenated alkanes) is 1. The van der Waals surface area contributed by atoms with Crippen LogP contribution in [0.4, 0.5) is 14.4 Å². The second-order valence-corrected chi connectivity index (χ2v) is 15.2. The van der Waals surface area contributed by atoms with Crippen molar-refractivity contribution < 1.29 is 33.4 Å². The van der Waals surface area contributed by atoms with E-state index >= 15 is 0 Å². The van der Waals surface area contributed by atoms with Crippen LogP contribution in [0, 0.1) is 5.92 Å². The number of hydrogen-bond acceptors (Lipinski definition) is 9. The van der Waals surface area contributed by atoms with Crippen LogP contribution in [-0.2, 0) is 19.0 Å². The van der Waals surface area contributed by atoms with Gasteiger partial charge in [0.25, 0.3) is 0 Å². The van der Waals surface area contributed by atoms with Gasteiger partial charge in [-0.25, -0.2) is 19.1 Å². The molecule has 2 heterocycles. The summed E-state index contributed by atoms with van der Waals surface area (Å²) in [5, 5.41) is 14.4. The predicted molar refractivity (Wildman–Crippen MR) is 173 cm³/mol. The smallest absolute Gasteiger partial charge is 0.410 e. The fraction of sp³-hybridized carbons (Fsp3) is 0.812. The normalized spacial score (nSPS) is 15.7. The maximum atomic E-state index is 13.9. The number of nitrogens with zero attached hydrogens (tertiary/aromatic N) is 5. The molecule has 46 heavy (non-hydrogen) atoms. The first-order valence-corrected chi connectivity index (χ1v) is 16.3. The molecule has 14 heteroatoms. The lowest BCUT2D eigenvalue weighted by molar-refractivity contribution is -0.137. The summed E-state index contributed by atoms with van der Waals surface area (Å²) < 4.78 is 17.8. The quantitative estimate of drug-likeness (QED) is 0.242. The van der Waals surface area contributed by atoms with Crippen LogP contribution in [0.1, 0.15) is 120 Å². The molecule has 0 radical (unpaired) electrons. The first-order valence-electron chi connectivity index (χ1n) is 16.3. The number of nitrogens with one attached hydrogen (secondary N) is 2. The van der Waals surface area contributed by atoms with E-state index in [1.54, 1.807) is 62.2 Å². The maximum absolute atomic E-state index is 13.9. The van der Waals surface area contributed by atoms with E-state index in [0.29, 0.717) is 64.1 Å². The van der Waals surface area contributed by atoms with Gasteiger partial charge in [0.05, 0.1) is 12.2 Å². The Morgan fingerprint density at radius 3 is 1.89 bits per heavy atom. The Kier molecular flexibility index (Phi) is 13.7. The van der Waals surface area contributed by atoms with Crippen LogP contribution in [0.3, 0.4) is 0 Å². The van der Waals surface area contributed by atoms with E-state index in [9.17, 15) is 19.2 Å². The summed E-state index contributed by atoms with van der Waals surface area (Å²) in [5.41, 5.74) is -1.33. The van der Waals surface area contributed by atoms with Crippen LogP contribution in [0.25, 0.3) is 0 Å². The van der Waals surface area contributed by atoms with E-state index in [0.717, 1.165) is 0 Å². The average Bonchev–Trinajstić information content (AvgIpc) is 3.36. The molecule has 0 saturated carbocycles. The molecule has 0 bridgehead atoms. The molecule has 1 saturated heterocycles. The Bertz CT molecular complexity index is 1160. The SMILES string of the molecule is CC(C)CC(NC(=O)OC(C)(C)C)c1cn([C@@H](CCCCNC(=O)OC(C)(C)C)C(=O)N2CCN(C(=O)OC(C)(C)C)CC2)nn1. The molecule has 1 unspecified atom stereocenters. The molecule has 0 aromatic carbocycles. The zero-order chi connectivity index (χ0) is 34.9. The Labute approximate surface area is 274 Å². The molecule has 14 nitrogen and oxygen atoms in total. The number of hydrogen-bond donors (Lipinski definition) is 2. The van der Waals surface area contributed by atoms with E-state index in [-0.39, 0.29) is 11.8 Å². The first kappa shape index (κ1) is 38.6. The molecule has 1 aliphatic heterocycles. The number of carbonyl (C=O) groups is 4. The van der Waals surface area contributed by atoms with Crippen molar-refractivity contribution in [2.24, 2.45) is 5.92 Å². The highest BCUT2D eigenvalue weighted by Gasteiger charge is 2.33. The molecule has 262 valence electrons. The minimum Gasteiger partial charge on any atom is -0.444 e. The lowest BCUT2D eigenvalue weighted by Crippen LogP contribution is -2.53. The Morgan fingerprint density at radius 2 is 1.35 bits per heavy atom. The Hall–Kier alpha value is -3.58. The molecular weight excluding hydrogens is 594 g/mol. The summed E-state index contributed by atoms with van der Waals surface area (Å²) in [4.78, 5) is 54.5. The summed E-state index contributed by atoms with van der Waals surface area (Å²) in [6.45, 7) is 22.2. The third kappa shape index (κ3) is 14.2. The lowest BCUT2D eigenvalue weighted by atomic mass is 10.0. The third-order valence-corrected chi connectivity index (χ3v) is 6.70. The van der Waals surface area contributed by atoms with Gasteiger partial charge in [-0.05, 0) is 93.9 Å². The molecular formula is C32H57N7O7. The van der Waals surface area contributed by atoms with E-state index in [4.69, 9.17) is 14.2 Å². The topological polar surface area (TPSA) is 157 Å². The van der Waals surface area contributed by atoms with Crippen molar-refractivity contribution in [3.63, 3.8) is 0 Å². The molecule has 2 atom stereocenters. The fourth-order valence-corrected chi connectivity index (χ4v) is 4.76. The Morgan fingerprint density at radius 1 is 0.804 bits per heavy atom. The molecule has 1 aromatic rings. The van der Waals surface area contributed by atoms with Crippen LogP contribution in [0.2, 0.25) is 0 Å². The fourth-order valence-electron chi connectivity index (χ4n) is 4.76. The standard InChI is InChI=1S/C32H57N7O7/c1-22(2)20-23(34-28(42)45-31(6,7)8)24-21-39(36-35-24)25(14-12-13-15-33-27(41)44-30(3,4)5)26(40)37-16-18-38(19-17-37)29(43)46-32(9,10)11/h21-23,25H,12-20H2,1-11H3,(H,33,41)(H,34,42)/t23?,25-/m0/s1. The zero-order valence-electron chi connectivity index (χ0n) is 29.8. The van der Waals surface area contributed by atoms with Gasteiger partial charge < -0.3 is 34.6 Å². The van der Waals surface area contributed by atoms with Crippen LogP contribution in [0.15, 0.2) is 6.20 Å². The van der Waals surface area contributed by atoms with Crippen molar-refractivity contribution in [3.05, 3.63) is 11.9 Å².